The summed E-state index contributed by atoms with van der Waals surface area (Å²) in [5.74, 6) is 0.682. The average Bonchev–Trinajstić information content (AvgIpc) is 3.19. The van der Waals surface area contributed by atoms with Crippen LogP contribution in [0.4, 0.5) is 5.69 Å². The molecule has 0 radical (unpaired) electrons. The fraction of sp³-hybridized carbons (Fsp3) is 0.533. The number of hydrogen-bond acceptors (Lipinski definition) is 2. The summed E-state index contributed by atoms with van der Waals surface area (Å²) < 4.78 is 0. The summed E-state index contributed by atoms with van der Waals surface area (Å²) in [7, 11) is 0. The molecule has 0 spiro atoms. The summed E-state index contributed by atoms with van der Waals surface area (Å²) in [6.07, 6.45) is 2.48. The first-order valence-electron chi connectivity index (χ1n) is 6.71. The number of nitrogens with two attached hydrogens (primary N) is 1. The van der Waals surface area contributed by atoms with Crippen molar-refractivity contribution in [2.75, 3.05) is 11.4 Å². The van der Waals surface area contributed by atoms with Gasteiger partial charge in [-0.25, -0.2) is 0 Å². The van der Waals surface area contributed by atoms with Gasteiger partial charge >= 0.3 is 0 Å². The summed E-state index contributed by atoms with van der Waals surface area (Å²) >= 11 is 0. The summed E-state index contributed by atoms with van der Waals surface area (Å²) in [5.41, 5.74) is 6.84. The van der Waals surface area contributed by atoms with Crippen molar-refractivity contribution in [1.82, 2.24) is 0 Å². The predicted octanol–water partition coefficient (Wildman–Crippen LogP) is 2.41. The van der Waals surface area contributed by atoms with Gasteiger partial charge < -0.3 is 10.6 Å². The molecule has 2 atom stereocenters. The molecule has 1 saturated carbocycles. The van der Waals surface area contributed by atoms with Crippen LogP contribution in [-0.4, -0.2) is 18.5 Å². The van der Waals surface area contributed by atoms with Gasteiger partial charge in [0.1, 0.15) is 0 Å². The van der Waals surface area contributed by atoms with E-state index in [1.165, 1.54) is 12.8 Å². The monoisotopic (exact) mass is 246 g/mol. The minimum Gasteiger partial charge on any atom is -0.327 e. The van der Waals surface area contributed by atoms with Crippen molar-refractivity contribution in [2.45, 2.75) is 32.7 Å². The van der Waals surface area contributed by atoms with Crippen molar-refractivity contribution in [1.29, 1.82) is 0 Å². The zero-order chi connectivity index (χ0) is 13.1. The highest BCUT2D eigenvalue weighted by Crippen LogP contribution is 2.32. The van der Waals surface area contributed by atoms with Crippen LogP contribution in [0.2, 0.25) is 0 Å². The molecular formula is C15H22N2O. The Morgan fingerprint density at radius 2 is 1.94 bits per heavy atom. The van der Waals surface area contributed by atoms with Crippen LogP contribution < -0.4 is 10.6 Å². The van der Waals surface area contributed by atoms with Gasteiger partial charge in [0.25, 0.3) is 0 Å². The summed E-state index contributed by atoms with van der Waals surface area (Å²) in [4.78, 5) is 14.4. The lowest BCUT2D eigenvalue weighted by Gasteiger charge is -2.27. The van der Waals surface area contributed by atoms with E-state index in [1.807, 2.05) is 49.1 Å². The van der Waals surface area contributed by atoms with Crippen molar-refractivity contribution < 1.29 is 4.79 Å². The number of para-hydroxylation sites is 1. The van der Waals surface area contributed by atoms with Gasteiger partial charge in [0.2, 0.25) is 5.91 Å². The van der Waals surface area contributed by atoms with Crippen molar-refractivity contribution in [3.8, 4) is 0 Å². The Balaban J connectivity index is 2.16. The van der Waals surface area contributed by atoms with E-state index in [0.29, 0.717) is 5.92 Å². The molecule has 1 aliphatic rings. The van der Waals surface area contributed by atoms with Crippen molar-refractivity contribution in [3.05, 3.63) is 30.3 Å². The zero-order valence-electron chi connectivity index (χ0n) is 11.2. The lowest BCUT2D eigenvalue weighted by molar-refractivity contribution is -0.122. The molecule has 0 saturated heterocycles. The molecule has 98 valence electrons. The van der Waals surface area contributed by atoms with Crippen molar-refractivity contribution in [3.63, 3.8) is 0 Å². The highest BCUT2D eigenvalue weighted by molar-refractivity contribution is 5.95. The quantitative estimate of drug-likeness (QED) is 0.867. The average molecular weight is 246 g/mol. The second kappa shape index (κ2) is 5.53. The van der Waals surface area contributed by atoms with Crippen LogP contribution in [0.3, 0.4) is 0 Å². The third-order valence-corrected chi connectivity index (χ3v) is 3.65. The SMILES string of the molecule is CC(N)C(C)C(=O)N(CC1CC1)c1ccccc1. The molecule has 3 nitrogen and oxygen atoms in total. The first kappa shape index (κ1) is 13.1. The van der Waals surface area contributed by atoms with Crippen molar-refractivity contribution in [2.24, 2.45) is 17.6 Å². The Kier molecular flexibility index (Phi) is 4.02. The summed E-state index contributed by atoms with van der Waals surface area (Å²) in [6, 6.07) is 9.79. The van der Waals surface area contributed by atoms with E-state index in [2.05, 4.69) is 0 Å². The van der Waals surface area contributed by atoms with Crippen LogP contribution in [0, 0.1) is 11.8 Å². The second-order valence-electron chi connectivity index (χ2n) is 5.38. The van der Waals surface area contributed by atoms with Gasteiger partial charge in [0, 0.05) is 18.3 Å². The number of nitrogens with zero attached hydrogens (tertiary/aromatic N) is 1. The third-order valence-electron chi connectivity index (χ3n) is 3.65. The number of carbonyl (C=O) groups is 1. The van der Waals surface area contributed by atoms with Gasteiger partial charge in [-0.1, -0.05) is 25.1 Å². The Morgan fingerprint density at radius 3 is 2.44 bits per heavy atom. The maximum atomic E-state index is 12.5. The van der Waals surface area contributed by atoms with Gasteiger partial charge in [-0.15, -0.1) is 0 Å². The molecule has 3 heteroatoms. The number of anilines is 1. The first-order chi connectivity index (χ1) is 8.59. The van der Waals surface area contributed by atoms with Crippen molar-refractivity contribution >= 4 is 11.6 Å². The van der Waals surface area contributed by atoms with E-state index < -0.39 is 0 Å². The molecule has 18 heavy (non-hydrogen) atoms. The van der Waals surface area contributed by atoms with Gasteiger partial charge in [0.05, 0.1) is 5.92 Å². The van der Waals surface area contributed by atoms with Gasteiger partial charge in [-0.05, 0) is 37.8 Å². The minimum absolute atomic E-state index is 0.108. The highest BCUT2D eigenvalue weighted by Gasteiger charge is 2.30. The summed E-state index contributed by atoms with van der Waals surface area (Å²) in [5, 5.41) is 0. The van der Waals surface area contributed by atoms with Crippen LogP contribution in [0.5, 0.6) is 0 Å². The minimum atomic E-state index is -0.135. The van der Waals surface area contributed by atoms with E-state index in [9.17, 15) is 4.79 Å². The molecule has 1 aliphatic carbocycles. The molecule has 1 amide bonds. The lowest BCUT2D eigenvalue weighted by atomic mass is 10.0. The lowest BCUT2D eigenvalue weighted by Crippen LogP contribution is -2.42. The molecule has 1 aromatic rings. The standard InChI is InChI=1S/C15H22N2O/c1-11(12(2)16)15(18)17(10-13-8-9-13)14-6-4-3-5-7-14/h3-7,11-13H,8-10,16H2,1-2H3. The molecule has 0 bridgehead atoms. The summed E-state index contributed by atoms with van der Waals surface area (Å²) in [6.45, 7) is 4.64. The smallest absolute Gasteiger partial charge is 0.231 e. The fourth-order valence-corrected chi connectivity index (χ4v) is 1.96. The third kappa shape index (κ3) is 3.10. The predicted molar refractivity (Wildman–Crippen MR) is 74.3 cm³/mol. The topological polar surface area (TPSA) is 46.3 Å². The Morgan fingerprint density at radius 1 is 1.33 bits per heavy atom. The molecule has 0 aliphatic heterocycles. The Hall–Kier alpha value is -1.35. The normalized spacial score (nSPS) is 18.2. The van der Waals surface area contributed by atoms with E-state index in [1.54, 1.807) is 0 Å². The Bertz CT molecular complexity index is 398. The molecule has 2 rings (SSSR count). The largest absolute Gasteiger partial charge is 0.327 e. The molecule has 2 N–H and O–H groups in total. The van der Waals surface area contributed by atoms with E-state index in [-0.39, 0.29) is 17.9 Å². The molecule has 0 aromatic heterocycles. The number of rotatable bonds is 5. The number of benzene rings is 1. The molecule has 1 fully saturated rings. The maximum absolute atomic E-state index is 12.5. The maximum Gasteiger partial charge on any atom is 0.231 e. The van der Waals surface area contributed by atoms with E-state index in [0.717, 1.165) is 12.2 Å². The molecule has 1 aromatic carbocycles. The molecule has 0 heterocycles. The fourth-order valence-electron chi connectivity index (χ4n) is 1.96. The zero-order valence-corrected chi connectivity index (χ0v) is 11.2. The molecule has 2 unspecified atom stereocenters. The van der Waals surface area contributed by atoms with Gasteiger partial charge in [0.15, 0.2) is 0 Å². The van der Waals surface area contributed by atoms with Crippen LogP contribution in [-0.2, 0) is 4.79 Å². The Labute approximate surface area is 109 Å². The molecular weight excluding hydrogens is 224 g/mol. The van der Waals surface area contributed by atoms with Crippen LogP contribution in [0.15, 0.2) is 30.3 Å². The van der Waals surface area contributed by atoms with Crippen LogP contribution >= 0.6 is 0 Å². The first-order valence-corrected chi connectivity index (χ1v) is 6.71. The number of hydrogen-bond donors (Lipinski definition) is 1. The number of carbonyl (C=O) groups excluding carboxylic acids is 1. The van der Waals surface area contributed by atoms with E-state index in [4.69, 9.17) is 5.73 Å². The number of amides is 1. The van der Waals surface area contributed by atoms with E-state index >= 15 is 0 Å². The van der Waals surface area contributed by atoms with Gasteiger partial charge in [-0.3, -0.25) is 4.79 Å². The second-order valence-corrected chi connectivity index (χ2v) is 5.38. The van der Waals surface area contributed by atoms with Crippen LogP contribution in [0.25, 0.3) is 0 Å². The van der Waals surface area contributed by atoms with Crippen LogP contribution in [0.1, 0.15) is 26.7 Å². The highest BCUT2D eigenvalue weighted by atomic mass is 16.2. The van der Waals surface area contributed by atoms with Gasteiger partial charge in [-0.2, -0.15) is 0 Å².